The average Bonchev–Trinajstić information content (AvgIpc) is 2.93. The summed E-state index contributed by atoms with van der Waals surface area (Å²) >= 11 is 7.19. The average molecular weight is 326 g/mol. The highest BCUT2D eigenvalue weighted by molar-refractivity contribution is 7.80. The molecule has 1 atom stereocenters. The summed E-state index contributed by atoms with van der Waals surface area (Å²) in [6.45, 7) is 9.89. The maximum atomic E-state index is 5.91. The van der Waals surface area contributed by atoms with Gasteiger partial charge in [0.1, 0.15) is 0 Å². The van der Waals surface area contributed by atoms with E-state index in [2.05, 4.69) is 35.8 Å². The largest absolute Gasteiger partial charge is 0.392 e. The van der Waals surface area contributed by atoms with Crippen LogP contribution in [0.4, 0.5) is 0 Å². The summed E-state index contributed by atoms with van der Waals surface area (Å²) < 4.78 is 0. The molecule has 1 aliphatic heterocycles. The summed E-state index contributed by atoms with van der Waals surface area (Å²) in [6.07, 6.45) is 3.36. The zero-order chi connectivity index (χ0) is 15.2. The van der Waals surface area contributed by atoms with Crippen LogP contribution in [0.1, 0.15) is 36.4 Å². The molecule has 0 saturated carbocycles. The van der Waals surface area contributed by atoms with Crippen molar-refractivity contribution >= 4 is 28.5 Å². The number of aryl methyl sites for hydroxylation is 1. The van der Waals surface area contributed by atoms with E-state index in [1.54, 1.807) is 0 Å². The molecule has 1 unspecified atom stereocenters. The van der Waals surface area contributed by atoms with Crippen molar-refractivity contribution in [1.29, 1.82) is 0 Å². The third-order valence-electron chi connectivity index (χ3n) is 4.18. The van der Waals surface area contributed by atoms with E-state index in [1.165, 1.54) is 9.75 Å². The SMILES string of the molecule is CCCC(C(N)=S)N1CCN(Cc2ccc(CC)s2)CC1. The summed E-state index contributed by atoms with van der Waals surface area (Å²) in [5.41, 5.74) is 5.91. The molecule has 1 aromatic rings. The van der Waals surface area contributed by atoms with Gasteiger partial charge in [-0.3, -0.25) is 9.80 Å². The van der Waals surface area contributed by atoms with E-state index < -0.39 is 0 Å². The number of thiocarbonyl (C=S) groups is 1. The van der Waals surface area contributed by atoms with Crippen molar-refractivity contribution < 1.29 is 0 Å². The van der Waals surface area contributed by atoms with Gasteiger partial charge in [-0.2, -0.15) is 0 Å². The lowest BCUT2D eigenvalue weighted by Crippen LogP contribution is -2.53. The van der Waals surface area contributed by atoms with Gasteiger partial charge in [0.05, 0.1) is 11.0 Å². The molecule has 0 aliphatic carbocycles. The molecule has 1 saturated heterocycles. The number of hydrogen-bond acceptors (Lipinski definition) is 4. The van der Waals surface area contributed by atoms with Crippen LogP contribution in [-0.4, -0.2) is 47.0 Å². The Morgan fingerprint density at radius 3 is 2.43 bits per heavy atom. The minimum absolute atomic E-state index is 0.292. The molecule has 0 radical (unpaired) electrons. The Labute approximate surface area is 138 Å². The second-order valence-electron chi connectivity index (χ2n) is 5.74. The number of piperazine rings is 1. The van der Waals surface area contributed by atoms with Gasteiger partial charge in [-0.05, 0) is 25.0 Å². The van der Waals surface area contributed by atoms with Gasteiger partial charge in [-0.15, -0.1) is 11.3 Å². The normalized spacial score (nSPS) is 18.8. The van der Waals surface area contributed by atoms with Crippen molar-refractivity contribution in [3.05, 3.63) is 21.9 Å². The lowest BCUT2D eigenvalue weighted by Gasteiger charge is -2.38. The first kappa shape index (κ1) is 16.9. The van der Waals surface area contributed by atoms with Crippen LogP contribution < -0.4 is 5.73 Å². The first-order valence-electron chi connectivity index (χ1n) is 7.97. The summed E-state index contributed by atoms with van der Waals surface area (Å²) in [5, 5.41) is 0. The monoisotopic (exact) mass is 325 g/mol. The molecular formula is C16H27N3S2. The smallest absolute Gasteiger partial charge is 0.0902 e. The summed E-state index contributed by atoms with van der Waals surface area (Å²) in [7, 11) is 0. The van der Waals surface area contributed by atoms with Crippen LogP contribution in [0.5, 0.6) is 0 Å². The molecule has 1 fully saturated rings. The second kappa shape index (κ2) is 8.22. The zero-order valence-electron chi connectivity index (χ0n) is 13.2. The van der Waals surface area contributed by atoms with Crippen LogP contribution in [0.15, 0.2) is 12.1 Å². The molecule has 2 N–H and O–H groups in total. The molecule has 3 nitrogen and oxygen atoms in total. The minimum Gasteiger partial charge on any atom is -0.392 e. The van der Waals surface area contributed by atoms with Gasteiger partial charge in [0.2, 0.25) is 0 Å². The molecule has 2 heterocycles. The van der Waals surface area contributed by atoms with Crippen LogP contribution >= 0.6 is 23.6 Å². The Bertz CT molecular complexity index is 450. The van der Waals surface area contributed by atoms with Crippen molar-refractivity contribution in [3.8, 4) is 0 Å². The van der Waals surface area contributed by atoms with Crippen molar-refractivity contribution in [2.45, 2.75) is 45.7 Å². The first-order chi connectivity index (χ1) is 10.1. The molecule has 0 bridgehead atoms. The summed E-state index contributed by atoms with van der Waals surface area (Å²) in [5.74, 6) is 0. The Morgan fingerprint density at radius 1 is 1.24 bits per heavy atom. The van der Waals surface area contributed by atoms with Crippen LogP contribution in [0, 0.1) is 0 Å². The number of nitrogens with two attached hydrogens (primary N) is 1. The topological polar surface area (TPSA) is 32.5 Å². The minimum atomic E-state index is 0.292. The summed E-state index contributed by atoms with van der Waals surface area (Å²) in [6, 6.07) is 4.84. The molecule has 0 spiro atoms. The quantitative estimate of drug-likeness (QED) is 0.781. The molecule has 1 aliphatic rings. The van der Waals surface area contributed by atoms with E-state index in [0.717, 1.165) is 52.0 Å². The van der Waals surface area contributed by atoms with E-state index in [4.69, 9.17) is 18.0 Å². The second-order valence-corrected chi connectivity index (χ2v) is 7.46. The highest BCUT2D eigenvalue weighted by Gasteiger charge is 2.25. The fourth-order valence-corrected chi connectivity index (χ4v) is 4.20. The number of nitrogens with zero attached hydrogens (tertiary/aromatic N) is 2. The standard InChI is InChI=1S/C16H27N3S2/c1-3-5-15(16(17)20)19-10-8-18(9-11-19)12-14-7-6-13(4-2)21-14/h6-7,15H,3-5,8-12H2,1-2H3,(H2,17,20). The maximum Gasteiger partial charge on any atom is 0.0902 e. The number of hydrogen-bond donors (Lipinski definition) is 1. The molecule has 2 rings (SSSR count). The maximum absolute atomic E-state index is 5.91. The van der Waals surface area contributed by atoms with Gasteiger partial charge in [0.25, 0.3) is 0 Å². The van der Waals surface area contributed by atoms with Gasteiger partial charge in [0, 0.05) is 42.5 Å². The molecule has 5 heteroatoms. The molecule has 0 aromatic carbocycles. The molecule has 21 heavy (non-hydrogen) atoms. The number of thiophene rings is 1. The van der Waals surface area contributed by atoms with E-state index >= 15 is 0 Å². The fraction of sp³-hybridized carbons (Fsp3) is 0.688. The third kappa shape index (κ3) is 4.74. The first-order valence-corrected chi connectivity index (χ1v) is 9.19. The molecule has 0 amide bonds. The van der Waals surface area contributed by atoms with Crippen molar-refractivity contribution in [2.75, 3.05) is 26.2 Å². The van der Waals surface area contributed by atoms with Crippen molar-refractivity contribution in [3.63, 3.8) is 0 Å². The Kier molecular flexibility index (Phi) is 6.61. The lowest BCUT2D eigenvalue weighted by molar-refractivity contribution is 0.111. The van der Waals surface area contributed by atoms with Gasteiger partial charge >= 0.3 is 0 Å². The fourth-order valence-electron chi connectivity index (χ4n) is 2.93. The number of rotatable bonds is 7. The van der Waals surface area contributed by atoms with Gasteiger partial charge in [0.15, 0.2) is 0 Å². The van der Waals surface area contributed by atoms with Crippen LogP contribution in [0.3, 0.4) is 0 Å². The molecular weight excluding hydrogens is 298 g/mol. The Balaban J connectivity index is 1.83. The van der Waals surface area contributed by atoms with Crippen LogP contribution in [0.25, 0.3) is 0 Å². The van der Waals surface area contributed by atoms with E-state index in [-0.39, 0.29) is 0 Å². The lowest BCUT2D eigenvalue weighted by atomic mass is 10.1. The molecule has 118 valence electrons. The predicted molar refractivity (Wildman–Crippen MR) is 96.0 cm³/mol. The summed E-state index contributed by atoms with van der Waals surface area (Å²) in [4.78, 5) is 8.65. The van der Waals surface area contributed by atoms with Gasteiger partial charge in [-0.25, -0.2) is 0 Å². The molecule has 1 aromatic heterocycles. The van der Waals surface area contributed by atoms with E-state index in [1.807, 2.05) is 11.3 Å². The van der Waals surface area contributed by atoms with Crippen molar-refractivity contribution in [1.82, 2.24) is 9.80 Å². The van der Waals surface area contributed by atoms with Crippen LogP contribution in [0.2, 0.25) is 0 Å². The third-order valence-corrected chi connectivity index (χ3v) is 5.67. The Morgan fingerprint density at radius 2 is 1.90 bits per heavy atom. The zero-order valence-corrected chi connectivity index (χ0v) is 14.8. The predicted octanol–water partition coefficient (Wildman–Crippen LogP) is 2.88. The van der Waals surface area contributed by atoms with Crippen molar-refractivity contribution in [2.24, 2.45) is 5.73 Å². The van der Waals surface area contributed by atoms with Gasteiger partial charge < -0.3 is 5.73 Å². The van der Waals surface area contributed by atoms with Gasteiger partial charge in [-0.1, -0.05) is 32.5 Å². The highest BCUT2D eigenvalue weighted by Crippen LogP contribution is 2.20. The Hall–Kier alpha value is -0.490. The van der Waals surface area contributed by atoms with E-state index in [9.17, 15) is 0 Å². The highest BCUT2D eigenvalue weighted by atomic mass is 32.1. The van der Waals surface area contributed by atoms with Crippen LogP contribution in [-0.2, 0) is 13.0 Å². The van der Waals surface area contributed by atoms with E-state index in [0.29, 0.717) is 11.0 Å².